The van der Waals surface area contributed by atoms with E-state index in [9.17, 15) is 14.0 Å². The molecule has 0 spiro atoms. The average molecular weight is 415 g/mol. The highest BCUT2D eigenvalue weighted by atomic mass is 19.1. The van der Waals surface area contributed by atoms with Crippen LogP contribution in [-0.2, 0) is 27.3 Å². The molecule has 2 rings (SSSR count). The fourth-order valence-electron chi connectivity index (χ4n) is 3.19. The van der Waals surface area contributed by atoms with E-state index in [2.05, 4.69) is 5.32 Å². The third kappa shape index (κ3) is 7.26. The zero-order valence-electron chi connectivity index (χ0n) is 17.9. The normalized spacial score (nSPS) is 11.9. The Labute approximate surface area is 178 Å². The Bertz CT molecular complexity index is 794. The lowest BCUT2D eigenvalue weighted by molar-refractivity contribution is -0.143. The van der Waals surface area contributed by atoms with E-state index < -0.39 is 6.04 Å². The first-order valence-corrected chi connectivity index (χ1v) is 10.3. The van der Waals surface area contributed by atoms with Gasteiger partial charge in [-0.05, 0) is 29.7 Å². The van der Waals surface area contributed by atoms with E-state index in [0.717, 1.165) is 11.1 Å². The number of halogens is 1. The van der Waals surface area contributed by atoms with Gasteiger partial charge in [0, 0.05) is 39.1 Å². The summed E-state index contributed by atoms with van der Waals surface area (Å²) in [6.45, 7) is 4.89. The van der Waals surface area contributed by atoms with Gasteiger partial charge in [0.25, 0.3) is 0 Å². The summed E-state index contributed by atoms with van der Waals surface area (Å²) in [6, 6.07) is 15.0. The number of carbonyl (C=O) groups is 2. The number of methoxy groups -OCH3 is 1. The van der Waals surface area contributed by atoms with Crippen LogP contribution in [0, 0.1) is 11.7 Å². The third-order valence-corrected chi connectivity index (χ3v) is 4.82. The van der Waals surface area contributed by atoms with Crippen LogP contribution in [0.5, 0.6) is 0 Å². The molecule has 0 aliphatic carbocycles. The number of nitrogens with zero attached hydrogens (tertiary/aromatic N) is 1. The molecule has 162 valence electrons. The minimum absolute atomic E-state index is 0.118. The van der Waals surface area contributed by atoms with Crippen molar-refractivity contribution in [3.63, 3.8) is 0 Å². The molecule has 5 nitrogen and oxygen atoms in total. The van der Waals surface area contributed by atoms with Gasteiger partial charge in [0.1, 0.15) is 11.9 Å². The summed E-state index contributed by atoms with van der Waals surface area (Å²) in [5.41, 5.74) is 1.74. The lowest BCUT2D eigenvalue weighted by atomic mass is 10.0. The van der Waals surface area contributed by atoms with E-state index in [0.29, 0.717) is 26.0 Å². The Kier molecular flexibility index (Phi) is 9.48. The number of hydrogen-bond acceptors (Lipinski definition) is 3. The van der Waals surface area contributed by atoms with Crippen LogP contribution in [0.3, 0.4) is 0 Å². The highest BCUT2D eigenvalue weighted by molar-refractivity contribution is 5.88. The molecule has 1 atom stereocenters. The van der Waals surface area contributed by atoms with Crippen LogP contribution in [0.2, 0.25) is 0 Å². The highest BCUT2D eigenvalue weighted by Crippen LogP contribution is 2.17. The zero-order chi connectivity index (χ0) is 21.9. The summed E-state index contributed by atoms with van der Waals surface area (Å²) in [4.78, 5) is 27.8. The van der Waals surface area contributed by atoms with Crippen molar-refractivity contribution in [3.8, 4) is 0 Å². The molecule has 0 radical (unpaired) electrons. The third-order valence-electron chi connectivity index (χ3n) is 4.82. The van der Waals surface area contributed by atoms with Crippen LogP contribution in [0.25, 0.3) is 0 Å². The fourth-order valence-corrected chi connectivity index (χ4v) is 3.19. The van der Waals surface area contributed by atoms with Crippen LogP contribution >= 0.6 is 0 Å². The summed E-state index contributed by atoms with van der Waals surface area (Å²) in [5.74, 6) is -0.930. The summed E-state index contributed by atoms with van der Waals surface area (Å²) < 4.78 is 18.4. The highest BCUT2D eigenvalue weighted by Gasteiger charge is 2.31. The van der Waals surface area contributed by atoms with E-state index in [1.165, 1.54) is 12.1 Å². The number of hydrogen-bond donors (Lipinski definition) is 1. The molecule has 1 N–H and O–H groups in total. The number of rotatable bonds is 11. The van der Waals surface area contributed by atoms with Crippen LogP contribution in [0.1, 0.15) is 31.4 Å². The molecule has 0 bridgehead atoms. The zero-order valence-corrected chi connectivity index (χ0v) is 17.9. The number of benzene rings is 2. The molecular weight excluding hydrogens is 383 g/mol. The summed E-state index contributed by atoms with van der Waals surface area (Å²) >= 11 is 0. The second-order valence-corrected chi connectivity index (χ2v) is 7.59. The standard InChI is InChI=1S/C24H31FN2O3/c1-18(2)24(29)27(17-20-10-12-21(25)13-11-20)22(16-19-8-5-4-6-9-19)23(28)26-14-7-15-30-3/h4-6,8-13,18,22H,7,14-17H2,1-3H3,(H,26,28)/t22-/m0/s1. The number of amides is 2. The van der Waals surface area contributed by atoms with Gasteiger partial charge >= 0.3 is 0 Å². The Morgan fingerprint density at radius 2 is 1.70 bits per heavy atom. The first kappa shape index (κ1) is 23.5. The van der Waals surface area contributed by atoms with Gasteiger partial charge in [-0.25, -0.2) is 4.39 Å². The van der Waals surface area contributed by atoms with Crippen LogP contribution in [-0.4, -0.2) is 43.0 Å². The number of nitrogens with one attached hydrogen (secondary N) is 1. The van der Waals surface area contributed by atoms with Gasteiger partial charge in [0.15, 0.2) is 0 Å². The maximum absolute atomic E-state index is 13.3. The van der Waals surface area contributed by atoms with Crippen molar-refractivity contribution < 1.29 is 18.7 Å². The van der Waals surface area contributed by atoms with Gasteiger partial charge in [-0.2, -0.15) is 0 Å². The largest absolute Gasteiger partial charge is 0.385 e. The minimum atomic E-state index is -0.671. The van der Waals surface area contributed by atoms with Crippen molar-refractivity contribution in [1.29, 1.82) is 0 Å². The topological polar surface area (TPSA) is 58.6 Å². The fraction of sp³-hybridized carbons (Fsp3) is 0.417. The minimum Gasteiger partial charge on any atom is -0.385 e. The molecule has 2 amide bonds. The summed E-state index contributed by atoms with van der Waals surface area (Å²) in [6.07, 6.45) is 1.09. The van der Waals surface area contributed by atoms with E-state index in [4.69, 9.17) is 4.74 Å². The van der Waals surface area contributed by atoms with E-state index in [1.807, 2.05) is 44.2 Å². The van der Waals surface area contributed by atoms with Gasteiger partial charge in [-0.1, -0.05) is 56.3 Å². The van der Waals surface area contributed by atoms with Crippen molar-refractivity contribution in [2.45, 2.75) is 39.3 Å². The Balaban J connectivity index is 2.30. The lowest BCUT2D eigenvalue weighted by Crippen LogP contribution is -2.51. The molecule has 30 heavy (non-hydrogen) atoms. The van der Waals surface area contributed by atoms with Gasteiger partial charge < -0.3 is 15.0 Å². The molecular formula is C24H31FN2O3. The summed E-state index contributed by atoms with van der Waals surface area (Å²) in [7, 11) is 1.62. The monoisotopic (exact) mass is 414 g/mol. The molecule has 0 fully saturated rings. The maximum Gasteiger partial charge on any atom is 0.243 e. The van der Waals surface area contributed by atoms with Crippen molar-refractivity contribution in [3.05, 3.63) is 71.5 Å². The van der Waals surface area contributed by atoms with Crippen LogP contribution in [0.4, 0.5) is 4.39 Å². The smallest absolute Gasteiger partial charge is 0.243 e. The molecule has 0 saturated heterocycles. The quantitative estimate of drug-likeness (QED) is 0.572. The second kappa shape index (κ2) is 12.1. The molecule has 0 unspecified atom stereocenters. The molecule has 6 heteroatoms. The predicted octanol–water partition coefficient (Wildman–Crippen LogP) is 3.57. The van der Waals surface area contributed by atoms with Gasteiger partial charge in [0.2, 0.25) is 11.8 Å². The van der Waals surface area contributed by atoms with Crippen molar-refractivity contribution in [1.82, 2.24) is 10.2 Å². The first-order chi connectivity index (χ1) is 14.4. The van der Waals surface area contributed by atoms with Gasteiger partial charge in [0.05, 0.1) is 0 Å². The molecule has 0 saturated carbocycles. The van der Waals surface area contributed by atoms with Gasteiger partial charge in [-0.15, -0.1) is 0 Å². The molecule has 2 aromatic rings. The van der Waals surface area contributed by atoms with Crippen molar-refractivity contribution in [2.75, 3.05) is 20.3 Å². The van der Waals surface area contributed by atoms with E-state index in [-0.39, 0.29) is 30.1 Å². The lowest BCUT2D eigenvalue weighted by Gasteiger charge is -2.32. The first-order valence-electron chi connectivity index (χ1n) is 10.3. The SMILES string of the molecule is COCCCNC(=O)[C@H](Cc1ccccc1)N(Cc1ccc(F)cc1)C(=O)C(C)C. The van der Waals surface area contributed by atoms with Crippen molar-refractivity contribution in [2.24, 2.45) is 5.92 Å². The predicted molar refractivity (Wildman–Crippen MR) is 115 cm³/mol. The molecule has 0 heterocycles. The number of carbonyl (C=O) groups excluding carboxylic acids is 2. The second-order valence-electron chi connectivity index (χ2n) is 7.59. The van der Waals surface area contributed by atoms with Gasteiger partial charge in [-0.3, -0.25) is 9.59 Å². The Morgan fingerprint density at radius 1 is 1.03 bits per heavy atom. The molecule has 0 aliphatic heterocycles. The van der Waals surface area contributed by atoms with E-state index in [1.54, 1.807) is 24.1 Å². The molecule has 0 aliphatic rings. The maximum atomic E-state index is 13.3. The summed E-state index contributed by atoms with van der Waals surface area (Å²) in [5, 5.41) is 2.93. The Hall–Kier alpha value is -2.73. The van der Waals surface area contributed by atoms with E-state index >= 15 is 0 Å². The van der Waals surface area contributed by atoms with Crippen LogP contribution < -0.4 is 5.32 Å². The average Bonchev–Trinajstić information content (AvgIpc) is 2.75. The molecule has 0 aromatic heterocycles. The number of ether oxygens (including phenoxy) is 1. The van der Waals surface area contributed by atoms with Crippen molar-refractivity contribution >= 4 is 11.8 Å². The Morgan fingerprint density at radius 3 is 2.30 bits per heavy atom. The van der Waals surface area contributed by atoms with Crippen LogP contribution in [0.15, 0.2) is 54.6 Å². The molecule has 2 aromatic carbocycles.